The summed E-state index contributed by atoms with van der Waals surface area (Å²) in [6, 6.07) is 5.08. The van der Waals surface area contributed by atoms with Crippen molar-refractivity contribution in [3.63, 3.8) is 0 Å². The highest BCUT2D eigenvalue weighted by molar-refractivity contribution is 14.1. The molecule has 0 aliphatic rings. The van der Waals surface area contributed by atoms with Crippen molar-refractivity contribution in [3.05, 3.63) is 27.6 Å². The summed E-state index contributed by atoms with van der Waals surface area (Å²) in [7, 11) is 3.80. The molecule has 3 heteroatoms. The molecule has 0 aromatic heterocycles. The first kappa shape index (κ1) is 8.77. The molecule has 0 N–H and O–H groups in total. The fourth-order valence-electron chi connectivity index (χ4n) is 0.838. The van der Waals surface area contributed by atoms with Crippen LogP contribution in [-0.4, -0.2) is 14.1 Å². The third kappa shape index (κ3) is 1.83. The van der Waals surface area contributed by atoms with E-state index in [2.05, 4.69) is 0 Å². The van der Waals surface area contributed by atoms with E-state index in [0.29, 0.717) is 3.57 Å². The van der Waals surface area contributed by atoms with Crippen LogP contribution >= 0.6 is 22.6 Å². The zero-order valence-electron chi connectivity index (χ0n) is 6.44. The third-order valence-electron chi connectivity index (χ3n) is 1.41. The minimum absolute atomic E-state index is 0.156. The molecule has 1 aromatic carbocycles. The summed E-state index contributed by atoms with van der Waals surface area (Å²) in [5.41, 5.74) is 0.922. The van der Waals surface area contributed by atoms with Gasteiger partial charge in [-0.15, -0.1) is 0 Å². The molecule has 0 unspecified atom stereocenters. The summed E-state index contributed by atoms with van der Waals surface area (Å²) < 4.78 is 13.6. The lowest BCUT2D eigenvalue weighted by atomic mass is 10.3. The van der Waals surface area contributed by atoms with E-state index >= 15 is 0 Å². The predicted octanol–water partition coefficient (Wildman–Crippen LogP) is 2.50. The van der Waals surface area contributed by atoms with Crippen LogP contribution in [0.2, 0.25) is 0 Å². The van der Waals surface area contributed by atoms with Gasteiger partial charge >= 0.3 is 0 Å². The van der Waals surface area contributed by atoms with Gasteiger partial charge in [0.05, 0.1) is 9.26 Å². The van der Waals surface area contributed by atoms with E-state index in [4.69, 9.17) is 0 Å². The van der Waals surface area contributed by atoms with Gasteiger partial charge in [-0.25, -0.2) is 4.39 Å². The van der Waals surface area contributed by atoms with E-state index in [-0.39, 0.29) is 5.82 Å². The summed E-state index contributed by atoms with van der Waals surface area (Å²) in [5, 5.41) is 0. The number of hydrogen-bond acceptors (Lipinski definition) is 1. The summed E-state index contributed by atoms with van der Waals surface area (Å²) in [4.78, 5) is 1.89. The van der Waals surface area contributed by atoms with Crippen molar-refractivity contribution < 1.29 is 4.39 Å². The molecule has 0 amide bonds. The average molecular weight is 265 g/mol. The summed E-state index contributed by atoms with van der Waals surface area (Å²) in [6.07, 6.45) is 0. The van der Waals surface area contributed by atoms with Gasteiger partial charge in [-0.05, 0) is 34.7 Å². The van der Waals surface area contributed by atoms with E-state index in [9.17, 15) is 4.39 Å². The Labute approximate surface area is 79.3 Å². The molecule has 1 nitrogen and oxygen atoms in total. The molecule has 0 atom stereocenters. The molecule has 0 saturated heterocycles. The monoisotopic (exact) mass is 265 g/mol. The highest BCUT2D eigenvalue weighted by Gasteiger charge is 2.04. The fourth-order valence-corrected chi connectivity index (χ4v) is 1.68. The van der Waals surface area contributed by atoms with Crippen LogP contribution in [0.4, 0.5) is 10.1 Å². The van der Waals surface area contributed by atoms with Gasteiger partial charge in [0.15, 0.2) is 0 Å². The minimum Gasteiger partial charge on any atom is -0.377 e. The Morgan fingerprint density at radius 2 is 2.00 bits per heavy atom. The maximum atomic E-state index is 12.9. The Bertz CT molecular complexity index is 260. The van der Waals surface area contributed by atoms with Crippen LogP contribution in [0.1, 0.15) is 0 Å². The molecule has 0 bridgehead atoms. The van der Waals surface area contributed by atoms with Gasteiger partial charge in [-0.2, -0.15) is 0 Å². The predicted molar refractivity (Wildman–Crippen MR) is 53.4 cm³/mol. The smallest absolute Gasteiger partial charge is 0.138 e. The number of nitrogens with zero attached hydrogens (tertiary/aromatic N) is 1. The van der Waals surface area contributed by atoms with E-state index in [1.54, 1.807) is 6.07 Å². The van der Waals surface area contributed by atoms with Crippen molar-refractivity contribution >= 4 is 28.3 Å². The van der Waals surface area contributed by atoms with Crippen molar-refractivity contribution in [1.82, 2.24) is 0 Å². The molecule has 60 valence electrons. The zero-order valence-corrected chi connectivity index (χ0v) is 8.59. The maximum absolute atomic E-state index is 12.9. The first-order chi connectivity index (χ1) is 5.13. The van der Waals surface area contributed by atoms with Gasteiger partial charge < -0.3 is 4.90 Å². The molecular formula is C8H9FIN. The number of rotatable bonds is 1. The molecule has 0 spiro atoms. The Balaban J connectivity index is 3.17. The summed E-state index contributed by atoms with van der Waals surface area (Å²) >= 11 is 2.00. The van der Waals surface area contributed by atoms with Gasteiger partial charge in [0.25, 0.3) is 0 Å². The Morgan fingerprint density at radius 3 is 2.45 bits per heavy atom. The average Bonchev–Trinajstić information content (AvgIpc) is 1.94. The normalized spacial score (nSPS) is 9.82. The minimum atomic E-state index is -0.156. The van der Waals surface area contributed by atoms with Crippen LogP contribution in [0.5, 0.6) is 0 Å². The third-order valence-corrected chi connectivity index (χ3v) is 2.48. The first-order valence-electron chi connectivity index (χ1n) is 3.24. The van der Waals surface area contributed by atoms with E-state index in [1.807, 2.05) is 47.7 Å². The Morgan fingerprint density at radius 1 is 1.36 bits per heavy atom. The lowest BCUT2D eigenvalue weighted by molar-refractivity contribution is 0.620. The number of hydrogen-bond donors (Lipinski definition) is 0. The second-order valence-corrected chi connectivity index (χ2v) is 3.55. The van der Waals surface area contributed by atoms with Gasteiger partial charge in [0.2, 0.25) is 0 Å². The maximum Gasteiger partial charge on any atom is 0.138 e. The molecule has 0 aliphatic heterocycles. The van der Waals surface area contributed by atoms with Crippen LogP contribution in [0.25, 0.3) is 0 Å². The SMILES string of the molecule is CN(C)c1cccc(F)c1I. The topological polar surface area (TPSA) is 3.24 Å². The van der Waals surface area contributed by atoms with Crippen LogP contribution < -0.4 is 4.90 Å². The van der Waals surface area contributed by atoms with E-state index < -0.39 is 0 Å². The molecular weight excluding hydrogens is 256 g/mol. The Hall–Kier alpha value is -0.320. The number of anilines is 1. The Kier molecular flexibility index (Phi) is 2.70. The van der Waals surface area contributed by atoms with Gasteiger partial charge in [0.1, 0.15) is 5.82 Å². The van der Waals surface area contributed by atoms with Gasteiger partial charge in [-0.1, -0.05) is 6.07 Å². The van der Waals surface area contributed by atoms with Crippen LogP contribution in [0.15, 0.2) is 18.2 Å². The standard InChI is InChI=1S/C8H9FIN/c1-11(2)7-5-3-4-6(9)8(7)10/h3-5H,1-2H3. The second-order valence-electron chi connectivity index (χ2n) is 2.47. The van der Waals surface area contributed by atoms with Crippen molar-refractivity contribution in [1.29, 1.82) is 0 Å². The highest BCUT2D eigenvalue weighted by atomic mass is 127. The van der Waals surface area contributed by atoms with Crippen molar-refractivity contribution in [2.45, 2.75) is 0 Å². The first-order valence-corrected chi connectivity index (χ1v) is 4.32. The largest absolute Gasteiger partial charge is 0.377 e. The van der Waals surface area contributed by atoms with Gasteiger partial charge in [0, 0.05) is 14.1 Å². The molecule has 0 saturated carbocycles. The second kappa shape index (κ2) is 3.38. The summed E-state index contributed by atoms with van der Waals surface area (Å²) in [5.74, 6) is -0.156. The summed E-state index contributed by atoms with van der Waals surface area (Å²) in [6.45, 7) is 0. The van der Waals surface area contributed by atoms with E-state index in [0.717, 1.165) is 5.69 Å². The number of halogens is 2. The lowest BCUT2D eigenvalue weighted by Crippen LogP contribution is -2.10. The molecule has 1 rings (SSSR count). The quantitative estimate of drug-likeness (QED) is 0.705. The zero-order chi connectivity index (χ0) is 8.43. The molecule has 0 fully saturated rings. The van der Waals surface area contributed by atoms with E-state index in [1.165, 1.54) is 6.07 Å². The molecule has 1 aromatic rings. The van der Waals surface area contributed by atoms with Crippen molar-refractivity contribution in [3.8, 4) is 0 Å². The number of benzene rings is 1. The molecule has 0 heterocycles. The van der Waals surface area contributed by atoms with Crippen molar-refractivity contribution in [2.24, 2.45) is 0 Å². The molecule has 0 radical (unpaired) electrons. The molecule has 11 heavy (non-hydrogen) atoms. The fraction of sp³-hybridized carbons (Fsp3) is 0.250. The lowest BCUT2D eigenvalue weighted by Gasteiger charge is -2.14. The van der Waals surface area contributed by atoms with Crippen LogP contribution in [0.3, 0.4) is 0 Å². The van der Waals surface area contributed by atoms with Crippen LogP contribution in [0, 0.1) is 9.39 Å². The van der Waals surface area contributed by atoms with Crippen molar-refractivity contribution in [2.75, 3.05) is 19.0 Å². The van der Waals surface area contributed by atoms with Crippen LogP contribution in [-0.2, 0) is 0 Å². The highest BCUT2D eigenvalue weighted by Crippen LogP contribution is 2.22. The molecule has 0 aliphatic carbocycles. The van der Waals surface area contributed by atoms with Gasteiger partial charge in [-0.3, -0.25) is 0 Å².